The average Bonchev–Trinajstić information content (AvgIpc) is 2.94. The number of carbonyl (C=O) groups excluding carboxylic acids is 3. The topological polar surface area (TPSA) is 121 Å². The van der Waals surface area contributed by atoms with Crippen LogP contribution in [0.15, 0.2) is 79.0 Å². The standard InChI is InChI=1S/C27H17Cl3F3N5O4/c28-14-1-7-21(29)19(11-14)24(39)37-38-25(40)23-13-18(9-10-34-23)42-17-5-2-15(3-6-17)35-26(41)36-16-4-8-22(30)20(12-16)27(31,32)33/h1-13H,(H,37,39)(H,38,40)(H2,35,36,41). The van der Waals surface area contributed by atoms with E-state index in [-0.39, 0.29) is 32.7 Å². The highest BCUT2D eigenvalue weighted by Crippen LogP contribution is 2.36. The van der Waals surface area contributed by atoms with Gasteiger partial charge in [-0.2, -0.15) is 13.2 Å². The summed E-state index contributed by atoms with van der Waals surface area (Å²) in [4.78, 5) is 41.0. The predicted octanol–water partition coefficient (Wildman–Crippen LogP) is 7.57. The highest BCUT2D eigenvalue weighted by molar-refractivity contribution is 6.35. The van der Waals surface area contributed by atoms with Gasteiger partial charge >= 0.3 is 12.2 Å². The molecule has 42 heavy (non-hydrogen) atoms. The molecule has 4 rings (SSSR count). The summed E-state index contributed by atoms with van der Waals surface area (Å²) in [6, 6.07) is 15.3. The van der Waals surface area contributed by atoms with Crippen molar-refractivity contribution < 1.29 is 32.3 Å². The molecule has 3 aromatic carbocycles. The summed E-state index contributed by atoms with van der Waals surface area (Å²) in [5, 5.41) is 4.74. The van der Waals surface area contributed by atoms with Crippen LogP contribution in [0.1, 0.15) is 26.4 Å². The van der Waals surface area contributed by atoms with Crippen LogP contribution in [0.4, 0.5) is 29.3 Å². The smallest absolute Gasteiger partial charge is 0.417 e. The zero-order valence-electron chi connectivity index (χ0n) is 20.9. The molecule has 9 nitrogen and oxygen atoms in total. The molecule has 0 unspecified atom stereocenters. The van der Waals surface area contributed by atoms with Gasteiger partial charge in [0, 0.05) is 28.7 Å². The molecule has 0 aliphatic rings. The molecule has 0 aliphatic heterocycles. The second-order valence-electron chi connectivity index (χ2n) is 8.31. The molecule has 0 bridgehead atoms. The van der Waals surface area contributed by atoms with Crippen molar-refractivity contribution >= 4 is 64.0 Å². The molecule has 0 spiro atoms. The minimum atomic E-state index is -4.68. The van der Waals surface area contributed by atoms with Crippen molar-refractivity contribution in [3.05, 3.63) is 111 Å². The molecule has 4 N–H and O–H groups in total. The zero-order chi connectivity index (χ0) is 30.4. The first-order chi connectivity index (χ1) is 19.9. The second-order valence-corrected chi connectivity index (χ2v) is 9.56. The summed E-state index contributed by atoms with van der Waals surface area (Å²) in [6.45, 7) is 0. The van der Waals surface area contributed by atoms with Crippen LogP contribution < -0.4 is 26.2 Å². The molecule has 1 heterocycles. The summed E-state index contributed by atoms with van der Waals surface area (Å²) in [5.41, 5.74) is 3.57. The maximum absolute atomic E-state index is 13.0. The Morgan fingerprint density at radius 2 is 1.36 bits per heavy atom. The van der Waals surface area contributed by atoms with Crippen molar-refractivity contribution in [3.8, 4) is 11.5 Å². The fourth-order valence-corrected chi connectivity index (χ4v) is 3.97. The Morgan fingerprint density at radius 1 is 0.714 bits per heavy atom. The van der Waals surface area contributed by atoms with Crippen molar-refractivity contribution in [2.45, 2.75) is 6.18 Å². The number of hydrazine groups is 1. The molecule has 4 amide bonds. The van der Waals surface area contributed by atoms with Gasteiger partial charge in [0.05, 0.1) is 21.2 Å². The Hall–Kier alpha value is -4.52. The lowest BCUT2D eigenvalue weighted by Gasteiger charge is -2.13. The van der Waals surface area contributed by atoms with E-state index >= 15 is 0 Å². The van der Waals surface area contributed by atoms with Crippen LogP contribution in [-0.2, 0) is 6.18 Å². The number of halogens is 6. The van der Waals surface area contributed by atoms with Crippen molar-refractivity contribution in [2.24, 2.45) is 0 Å². The largest absolute Gasteiger partial charge is 0.457 e. The van der Waals surface area contributed by atoms with Gasteiger partial charge < -0.3 is 15.4 Å². The molecular formula is C27H17Cl3F3N5O4. The van der Waals surface area contributed by atoms with Crippen LogP contribution in [0.25, 0.3) is 0 Å². The van der Waals surface area contributed by atoms with Crippen LogP contribution in [-0.4, -0.2) is 22.8 Å². The molecule has 4 aromatic rings. The monoisotopic (exact) mass is 637 g/mol. The van der Waals surface area contributed by atoms with Gasteiger partial charge in [-0.25, -0.2) is 4.79 Å². The van der Waals surface area contributed by atoms with Gasteiger partial charge in [0.2, 0.25) is 0 Å². The van der Waals surface area contributed by atoms with Gasteiger partial charge in [-0.05, 0) is 66.7 Å². The van der Waals surface area contributed by atoms with E-state index in [1.807, 2.05) is 0 Å². The number of alkyl halides is 3. The summed E-state index contributed by atoms with van der Waals surface area (Å²) in [6.07, 6.45) is -3.36. The lowest BCUT2D eigenvalue weighted by Crippen LogP contribution is -2.42. The third-order valence-electron chi connectivity index (χ3n) is 5.30. The van der Waals surface area contributed by atoms with E-state index < -0.39 is 34.6 Å². The van der Waals surface area contributed by atoms with E-state index in [1.54, 1.807) is 0 Å². The second kappa shape index (κ2) is 13.0. The number of hydrogen-bond donors (Lipinski definition) is 4. The third-order valence-corrected chi connectivity index (χ3v) is 6.20. The molecule has 0 saturated heterocycles. The molecule has 0 saturated carbocycles. The van der Waals surface area contributed by atoms with E-state index in [1.165, 1.54) is 66.9 Å². The predicted molar refractivity (Wildman–Crippen MR) is 151 cm³/mol. The van der Waals surface area contributed by atoms with Gasteiger partial charge in [-0.3, -0.25) is 25.4 Å². The molecule has 216 valence electrons. The summed E-state index contributed by atoms with van der Waals surface area (Å²) in [5.74, 6) is -0.860. The Balaban J connectivity index is 1.32. The number of pyridine rings is 1. The normalized spacial score (nSPS) is 10.9. The highest BCUT2D eigenvalue weighted by Gasteiger charge is 2.33. The quantitative estimate of drug-likeness (QED) is 0.162. The molecule has 0 atom stereocenters. The van der Waals surface area contributed by atoms with Gasteiger partial charge in [-0.15, -0.1) is 0 Å². The highest BCUT2D eigenvalue weighted by atomic mass is 35.5. The van der Waals surface area contributed by atoms with Crippen LogP contribution in [0.3, 0.4) is 0 Å². The summed E-state index contributed by atoms with van der Waals surface area (Å²) < 4.78 is 44.8. The fraction of sp³-hybridized carbons (Fsp3) is 0.0370. The van der Waals surface area contributed by atoms with Gasteiger partial charge in [0.15, 0.2) is 0 Å². The molecule has 0 radical (unpaired) electrons. The van der Waals surface area contributed by atoms with Crippen molar-refractivity contribution in [1.29, 1.82) is 0 Å². The van der Waals surface area contributed by atoms with Crippen LogP contribution in [0, 0.1) is 0 Å². The number of amides is 4. The number of aromatic nitrogens is 1. The first kappa shape index (κ1) is 30.4. The SMILES string of the molecule is O=C(Nc1ccc(Oc2ccnc(C(=O)NNC(=O)c3cc(Cl)ccc3Cl)c2)cc1)Nc1ccc(Cl)c(C(F)(F)F)c1. The first-order valence-corrected chi connectivity index (χ1v) is 12.8. The van der Waals surface area contributed by atoms with Crippen LogP contribution in [0.5, 0.6) is 11.5 Å². The maximum Gasteiger partial charge on any atom is 0.417 e. The molecule has 0 aliphatic carbocycles. The lowest BCUT2D eigenvalue weighted by atomic mass is 10.2. The molecule has 1 aromatic heterocycles. The average molecular weight is 639 g/mol. The van der Waals surface area contributed by atoms with E-state index in [4.69, 9.17) is 39.5 Å². The van der Waals surface area contributed by atoms with Gasteiger partial charge in [-0.1, -0.05) is 34.8 Å². The van der Waals surface area contributed by atoms with E-state index in [9.17, 15) is 27.6 Å². The number of anilines is 2. The Labute approximate surface area is 250 Å². The van der Waals surface area contributed by atoms with E-state index in [0.29, 0.717) is 11.4 Å². The lowest BCUT2D eigenvalue weighted by molar-refractivity contribution is -0.137. The van der Waals surface area contributed by atoms with E-state index in [2.05, 4.69) is 26.5 Å². The summed E-state index contributed by atoms with van der Waals surface area (Å²) >= 11 is 17.5. The summed E-state index contributed by atoms with van der Waals surface area (Å²) in [7, 11) is 0. The fourth-order valence-electron chi connectivity index (χ4n) is 3.37. The third kappa shape index (κ3) is 8.03. The van der Waals surface area contributed by atoms with Crippen molar-refractivity contribution in [2.75, 3.05) is 10.6 Å². The van der Waals surface area contributed by atoms with Crippen LogP contribution >= 0.6 is 34.8 Å². The van der Waals surface area contributed by atoms with Crippen molar-refractivity contribution in [1.82, 2.24) is 15.8 Å². The van der Waals surface area contributed by atoms with E-state index in [0.717, 1.165) is 12.1 Å². The number of ether oxygens (including phenoxy) is 1. The molecular weight excluding hydrogens is 622 g/mol. The minimum absolute atomic E-state index is 0.0606. The number of hydrogen-bond acceptors (Lipinski definition) is 5. The number of nitrogens with one attached hydrogen (secondary N) is 4. The first-order valence-electron chi connectivity index (χ1n) is 11.6. The van der Waals surface area contributed by atoms with Gasteiger partial charge in [0.1, 0.15) is 17.2 Å². The number of rotatable bonds is 6. The van der Waals surface area contributed by atoms with Crippen LogP contribution in [0.2, 0.25) is 15.1 Å². The Kier molecular flexibility index (Phi) is 9.41. The Bertz CT molecular complexity index is 1650. The van der Waals surface area contributed by atoms with Crippen molar-refractivity contribution in [3.63, 3.8) is 0 Å². The number of nitrogens with zero attached hydrogens (tertiary/aromatic N) is 1. The molecule has 15 heteroatoms. The minimum Gasteiger partial charge on any atom is -0.457 e. The van der Waals surface area contributed by atoms with Gasteiger partial charge in [0.25, 0.3) is 11.8 Å². The maximum atomic E-state index is 13.0. The zero-order valence-corrected chi connectivity index (χ0v) is 23.1. The Morgan fingerprint density at radius 3 is 2.07 bits per heavy atom. The number of urea groups is 1. The molecule has 0 fully saturated rings. The number of carbonyl (C=O) groups is 3. The number of benzene rings is 3.